The molecule has 1 aliphatic rings. The first-order chi connectivity index (χ1) is 10.2. The first kappa shape index (κ1) is 18.6. The van der Waals surface area contributed by atoms with E-state index in [9.17, 15) is 4.79 Å². The van der Waals surface area contributed by atoms with Gasteiger partial charge in [0.1, 0.15) is 0 Å². The van der Waals surface area contributed by atoms with Gasteiger partial charge in [-0.25, -0.2) is 0 Å². The van der Waals surface area contributed by atoms with Gasteiger partial charge in [0.25, 0.3) is 5.91 Å². The van der Waals surface area contributed by atoms with Crippen LogP contribution in [0.1, 0.15) is 38.2 Å². The molecule has 0 radical (unpaired) electrons. The molecule has 1 amide bonds. The maximum atomic E-state index is 10.8. The molecule has 2 rings (SSSR count). The highest BCUT2D eigenvalue weighted by Crippen LogP contribution is 2.28. The highest BCUT2D eigenvalue weighted by Gasteiger charge is 2.14. The zero-order valence-electron chi connectivity index (χ0n) is 13.0. The molecule has 0 aliphatic heterocycles. The van der Waals surface area contributed by atoms with Crippen molar-refractivity contribution in [1.82, 2.24) is 5.32 Å². The van der Waals surface area contributed by atoms with Crippen molar-refractivity contribution in [2.24, 2.45) is 5.73 Å². The predicted octanol–water partition coefficient (Wildman–Crippen LogP) is 2.40. The number of nitrogens with two attached hydrogens (primary N) is 1. The maximum absolute atomic E-state index is 10.8. The van der Waals surface area contributed by atoms with Gasteiger partial charge >= 0.3 is 0 Å². The summed E-state index contributed by atoms with van der Waals surface area (Å²) in [5.74, 6) is 0.717. The van der Waals surface area contributed by atoms with Crippen LogP contribution in [0.5, 0.6) is 11.5 Å². The van der Waals surface area contributed by atoms with E-state index >= 15 is 0 Å². The molecule has 0 bridgehead atoms. The molecule has 22 heavy (non-hydrogen) atoms. The number of hydrogen-bond acceptors (Lipinski definition) is 4. The Hall–Kier alpha value is -1.46. The number of benzene rings is 1. The highest BCUT2D eigenvalue weighted by atomic mass is 35.5. The van der Waals surface area contributed by atoms with Crippen LogP contribution in [0.2, 0.25) is 0 Å². The maximum Gasteiger partial charge on any atom is 0.255 e. The molecule has 3 N–H and O–H groups in total. The van der Waals surface area contributed by atoms with E-state index in [-0.39, 0.29) is 19.0 Å². The summed E-state index contributed by atoms with van der Waals surface area (Å²) in [5.41, 5.74) is 6.25. The van der Waals surface area contributed by atoms with Crippen LogP contribution in [0.4, 0.5) is 0 Å². The molecule has 0 atom stereocenters. The van der Waals surface area contributed by atoms with E-state index in [1.807, 2.05) is 25.1 Å². The predicted molar refractivity (Wildman–Crippen MR) is 88.6 cm³/mol. The van der Waals surface area contributed by atoms with Crippen molar-refractivity contribution in [3.05, 3.63) is 23.8 Å². The van der Waals surface area contributed by atoms with Crippen molar-refractivity contribution in [2.75, 3.05) is 13.2 Å². The molecule has 0 unspecified atom stereocenters. The van der Waals surface area contributed by atoms with Crippen molar-refractivity contribution in [3.8, 4) is 11.5 Å². The summed E-state index contributed by atoms with van der Waals surface area (Å²) in [6.07, 6.45) is 5.17. The second-order valence-corrected chi connectivity index (χ2v) is 5.33. The Morgan fingerprint density at radius 3 is 2.64 bits per heavy atom. The first-order valence-electron chi connectivity index (χ1n) is 7.59. The lowest BCUT2D eigenvalue weighted by atomic mass is 10.1. The molecule has 0 heterocycles. The van der Waals surface area contributed by atoms with Crippen LogP contribution in [0.15, 0.2) is 18.2 Å². The van der Waals surface area contributed by atoms with Crippen molar-refractivity contribution in [3.63, 3.8) is 0 Å². The molecule has 124 valence electrons. The number of hydrogen-bond donors (Lipinski definition) is 2. The average Bonchev–Trinajstić information content (AvgIpc) is 2.97. The van der Waals surface area contributed by atoms with E-state index in [2.05, 4.69) is 5.32 Å². The third-order valence-corrected chi connectivity index (χ3v) is 3.63. The fourth-order valence-electron chi connectivity index (χ4n) is 2.59. The monoisotopic (exact) mass is 328 g/mol. The third-order valence-electron chi connectivity index (χ3n) is 3.63. The summed E-state index contributed by atoms with van der Waals surface area (Å²) in [6, 6.07) is 6.41. The Labute approximate surface area is 138 Å². The fourth-order valence-corrected chi connectivity index (χ4v) is 2.59. The molecule has 1 fully saturated rings. The Morgan fingerprint density at radius 2 is 2.00 bits per heavy atom. The Kier molecular flexibility index (Phi) is 8.06. The standard InChI is InChI=1S/C16H24N2O3.ClH/c1-2-20-15-9-12(10-18-13-5-3-4-6-13)7-8-14(15)21-11-16(17)19;/h7-9,13,18H,2-6,10-11H2,1H3,(H2,17,19);1H. The van der Waals surface area contributed by atoms with E-state index in [4.69, 9.17) is 15.2 Å². The molecule has 0 aromatic heterocycles. The molecule has 1 aromatic carbocycles. The fraction of sp³-hybridized carbons (Fsp3) is 0.562. The summed E-state index contributed by atoms with van der Waals surface area (Å²) in [5, 5.41) is 3.57. The smallest absolute Gasteiger partial charge is 0.255 e. The topological polar surface area (TPSA) is 73.6 Å². The number of carbonyl (C=O) groups excluding carboxylic acids is 1. The van der Waals surface area contributed by atoms with Gasteiger partial charge in [-0.05, 0) is 37.5 Å². The molecule has 1 aromatic rings. The van der Waals surface area contributed by atoms with E-state index in [1.165, 1.54) is 25.7 Å². The summed E-state index contributed by atoms with van der Waals surface area (Å²) < 4.78 is 10.9. The number of halogens is 1. The van der Waals surface area contributed by atoms with Gasteiger partial charge in [-0.15, -0.1) is 12.4 Å². The van der Waals surface area contributed by atoms with Gasteiger partial charge in [0.2, 0.25) is 0 Å². The summed E-state index contributed by atoms with van der Waals surface area (Å²) in [7, 11) is 0. The molecular formula is C16H25ClN2O3. The largest absolute Gasteiger partial charge is 0.490 e. The molecule has 0 spiro atoms. The average molecular weight is 329 g/mol. The minimum absolute atomic E-state index is 0. The number of primary amides is 1. The zero-order chi connectivity index (χ0) is 15.1. The molecule has 1 saturated carbocycles. The van der Waals surface area contributed by atoms with Crippen LogP contribution in [0.3, 0.4) is 0 Å². The normalized spacial score (nSPS) is 14.4. The number of carbonyl (C=O) groups is 1. The highest BCUT2D eigenvalue weighted by molar-refractivity contribution is 5.85. The van der Waals surface area contributed by atoms with Crippen LogP contribution in [-0.4, -0.2) is 25.2 Å². The van der Waals surface area contributed by atoms with Gasteiger partial charge in [-0.3, -0.25) is 4.79 Å². The molecule has 6 heteroatoms. The quantitative estimate of drug-likeness (QED) is 0.768. The van der Waals surface area contributed by atoms with E-state index < -0.39 is 5.91 Å². The summed E-state index contributed by atoms with van der Waals surface area (Å²) in [4.78, 5) is 10.8. The second-order valence-electron chi connectivity index (χ2n) is 5.33. The number of nitrogens with one attached hydrogen (secondary N) is 1. The van der Waals surface area contributed by atoms with E-state index in [1.54, 1.807) is 0 Å². The second kappa shape index (κ2) is 9.54. The van der Waals surface area contributed by atoms with Crippen molar-refractivity contribution >= 4 is 18.3 Å². The van der Waals surface area contributed by atoms with Crippen LogP contribution in [0, 0.1) is 0 Å². The van der Waals surface area contributed by atoms with Crippen LogP contribution in [0.25, 0.3) is 0 Å². The zero-order valence-corrected chi connectivity index (χ0v) is 13.8. The van der Waals surface area contributed by atoms with Gasteiger partial charge in [-0.2, -0.15) is 0 Å². The molecular weight excluding hydrogens is 304 g/mol. The van der Waals surface area contributed by atoms with Gasteiger partial charge in [0, 0.05) is 12.6 Å². The third kappa shape index (κ3) is 5.73. The Balaban J connectivity index is 0.00000242. The molecule has 0 saturated heterocycles. The summed E-state index contributed by atoms with van der Waals surface area (Å²) in [6.45, 7) is 3.15. The van der Waals surface area contributed by atoms with E-state index in [0.29, 0.717) is 24.1 Å². The number of ether oxygens (including phenoxy) is 2. The van der Waals surface area contributed by atoms with Crippen LogP contribution < -0.4 is 20.5 Å². The first-order valence-corrected chi connectivity index (χ1v) is 7.59. The van der Waals surface area contributed by atoms with Crippen molar-refractivity contribution < 1.29 is 14.3 Å². The minimum atomic E-state index is -0.496. The van der Waals surface area contributed by atoms with Gasteiger partial charge < -0.3 is 20.5 Å². The summed E-state index contributed by atoms with van der Waals surface area (Å²) >= 11 is 0. The van der Waals surface area contributed by atoms with Gasteiger partial charge in [-0.1, -0.05) is 18.9 Å². The van der Waals surface area contributed by atoms with Crippen molar-refractivity contribution in [1.29, 1.82) is 0 Å². The van der Waals surface area contributed by atoms with Gasteiger partial charge in [0.15, 0.2) is 18.1 Å². The van der Waals surface area contributed by atoms with Gasteiger partial charge in [0.05, 0.1) is 6.61 Å². The molecule has 1 aliphatic carbocycles. The molecule has 5 nitrogen and oxygen atoms in total. The van der Waals surface area contributed by atoms with Crippen molar-refractivity contribution in [2.45, 2.75) is 45.2 Å². The number of rotatable bonds is 8. The van der Waals surface area contributed by atoms with Crippen LogP contribution in [-0.2, 0) is 11.3 Å². The lowest BCUT2D eigenvalue weighted by Gasteiger charge is -2.15. The minimum Gasteiger partial charge on any atom is -0.490 e. The number of amides is 1. The Morgan fingerprint density at radius 1 is 1.27 bits per heavy atom. The SMILES string of the molecule is CCOc1cc(CNC2CCCC2)ccc1OCC(N)=O.Cl. The van der Waals surface area contributed by atoms with E-state index in [0.717, 1.165) is 12.1 Å². The van der Waals surface area contributed by atoms with Crippen LogP contribution >= 0.6 is 12.4 Å². The lowest BCUT2D eigenvalue weighted by Crippen LogP contribution is -2.25. The lowest BCUT2D eigenvalue weighted by molar-refractivity contribution is -0.119. The Bertz CT molecular complexity index is 476.